The van der Waals surface area contributed by atoms with Crippen LogP contribution in [0.3, 0.4) is 0 Å². The topological polar surface area (TPSA) is 63.2 Å². The van der Waals surface area contributed by atoms with E-state index >= 15 is 0 Å². The lowest BCUT2D eigenvalue weighted by atomic mass is 10.1. The van der Waals surface area contributed by atoms with Gasteiger partial charge in [0.05, 0.1) is 22.8 Å². The van der Waals surface area contributed by atoms with Gasteiger partial charge in [0.25, 0.3) is 11.7 Å². The molecule has 21 heavy (non-hydrogen) atoms. The summed E-state index contributed by atoms with van der Waals surface area (Å²) in [5, 5.41) is 0.625. The van der Waals surface area contributed by atoms with Crippen molar-refractivity contribution in [3.8, 4) is 0 Å². The summed E-state index contributed by atoms with van der Waals surface area (Å²) >= 11 is 12.0. The van der Waals surface area contributed by atoms with Crippen LogP contribution in [0.2, 0.25) is 10.2 Å². The van der Waals surface area contributed by atoms with E-state index in [4.69, 9.17) is 23.2 Å². The van der Waals surface area contributed by atoms with Crippen molar-refractivity contribution in [2.45, 2.75) is 13.5 Å². The number of hydrogen-bond acceptors (Lipinski definition) is 4. The highest BCUT2D eigenvalue weighted by Crippen LogP contribution is 2.36. The molecule has 1 aliphatic rings. The van der Waals surface area contributed by atoms with E-state index in [1.165, 1.54) is 4.90 Å². The van der Waals surface area contributed by atoms with E-state index in [9.17, 15) is 9.59 Å². The van der Waals surface area contributed by atoms with Gasteiger partial charge in [0.15, 0.2) is 0 Å². The van der Waals surface area contributed by atoms with E-state index in [1.54, 1.807) is 31.2 Å². The first kappa shape index (κ1) is 14.0. The lowest BCUT2D eigenvalue weighted by Gasteiger charge is -2.16. The molecule has 2 aromatic rings. The van der Waals surface area contributed by atoms with Crippen molar-refractivity contribution in [3.63, 3.8) is 0 Å². The molecule has 0 unspecified atom stereocenters. The Labute approximate surface area is 130 Å². The van der Waals surface area contributed by atoms with Crippen molar-refractivity contribution in [1.29, 1.82) is 0 Å². The number of carbonyl (C=O) groups is 2. The first-order valence-corrected chi connectivity index (χ1v) is 6.87. The van der Waals surface area contributed by atoms with Crippen LogP contribution in [0, 0.1) is 6.92 Å². The number of aryl methyl sites for hydroxylation is 1. The number of carbonyl (C=O) groups excluding carboxylic acids is 2. The zero-order chi connectivity index (χ0) is 15.1. The Hall–Kier alpha value is -1.98. The van der Waals surface area contributed by atoms with Crippen LogP contribution in [-0.4, -0.2) is 21.7 Å². The second-order valence-electron chi connectivity index (χ2n) is 4.60. The summed E-state index contributed by atoms with van der Waals surface area (Å²) in [5.74, 6) is -0.862. The number of nitrogens with zero attached hydrogens (tertiary/aromatic N) is 3. The Bertz CT molecular complexity index is 757. The lowest BCUT2D eigenvalue weighted by Crippen LogP contribution is -2.30. The number of hydrogen-bond donors (Lipinski definition) is 0. The lowest BCUT2D eigenvalue weighted by molar-refractivity contribution is -0.114. The quantitative estimate of drug-likeness (QED) is 0.630. The van der Waals surface area contributed by atoms with E-state index < -0.39 is 11.7 Å². The number of para-hydroxylation sites is 1. The predicted octanol–water partition coefficient (Wildman–Crippen LogP) is 2.82. The Kier molecular flexibility index (Phi) is 3.39. The molecule has 0 saturated heterocycles. The van der Waals surface area contributed by atoms with Gasteiger partial charge in [-0.25, -0.2) is 9.97 Å². The number of Topliss-reactive ketones (excluding diaryl/α,β-unsaturated/α-hetero) is 1. The summed E-state index contributed by atoms with van der Waals surface area (Å²) in [7, 11) is 0. The zero-order valence-electron chi connectivity index (χ0n) is 10.9. The van der Waals surface area contributed by atoms with E-state index in [0.717, 1.165) is 0 Å². The first-order valence-electron chi connectivity index (χ1n) is 6.12. The minimum Gasteiger partial charge on any atom is -0.296 e. The van der Waals surface area contributed by atoms with Gasteiger partial charge in [-0.15, -0.1) is 0 Å². The third-order valence-electron chi connectivity index (χ3n) is 3.11. The molecule has 5 nitrogen and oxygen atoms in total. The van der Waals surface area contributed by atoms with Crippen LogP contribution >= 0.6 is 23.2 Å². The van der Waals surface area contributed by atoms with Crippen LogP contribution in [0.25, 0.3) is 0 Å². The maximum Gasteiger partial charge on any atom is 0.299 e. The normalized spacial score (nSPS) is 13.8. The number of benzene rings is 1. The van der Waals surface area contributed by atoms with Crippen molar-refractivity contribution in [2.24, 2.45) is 0 Å². The van der Waals surface area contributed by atoms with Gasteiger partial charge in [-0.1, -0.05) is 29.3 Å². The summed E-state index contributed by atoms with van der Waals surface area (Å²) in [6, 6.07) is 6.45. The molecule has 0 aliphatic carbocycles. The van der Waals surface area contributed by atoms with Gasteiger partial charge in [0, 0.05) is 5.69 Å². The molecule has 0 spiro atoms. The minimum absolute atomic E-state index is 0.0444. The molecule has 0 saturated carbocycles. The van der Waals surface area contributed by atoms with Gasteiger partial charge in [0.2, 0.25) is 0 Å². The average Bonchev–Trinajstić information content (AvgIpc) is 2.64. The van der Waals surface area contributed by atoms with Crippen LogP contribution in [0.4, 0.5) is 5.69 Å². The molecule has 2 heterocycles. The molecule has 0 radical (unpaired) electrons. The Morgan fingerprint density at radius 3 is 2.67 bits per heavy atom. The summed E-state index contributed by atoms with van der Waals surface area (Å²) in [4.78, 5) is 33.6. The predicted molar refractivity (Wildman–Crippen MR) is 78.8 cm³/mol. The van der Waals surface area contributed by atoms with Crippen molar-refractivity contribution in [1.82, 2.24) is 9.97 Å². The number of aromatic nitrogens is 2. The minimum atomic E-state index is -0.640. The van der Waals surface area contributed by atoms with Crippen LogP contribution in [0.15, 0.2) is 24.3 Å². The molecular formula is C14H9Cl2N3O2. The van der Waals surface area contributed by atoms with Crippen LogP contribution in [0.5, 0.6) is 0 Å². The first-order chi connectivity index (χ1) is 9.97. The number of halogens is 2. The Morgan fingerprint density at radius 2 is 1.95 bits per heavy atom. The number of rotatable bonds is 2. The van der Waals surface area contributed by atoms with E-state index in [2.05, 4.69) is 9.97 Å². The van der Waals surface area contributed by atoms with Crippen LogP contribution in [-0.2, 0) is 11.3 Å². The van der Waals surface area contributed by atoms with Crippen LogP contribution < -0.4 is 4.90 Å². The van der Waals surface area contributed by atoms with Crippen LogP contribution in [0.1, 0.15) is 21.9 Å². The van der Waals surface area contributed by atoms with Crippen molar-refractivity contribution < 1.29 is 9.59 Å². The van der Waals surface area contributed by atoms with Crippen molar-refractivity contribution in [3.05, 3.63) is 51.5 Å². The number of ketones is 1. The molecule has 0 bridgehead atoms. The fourth-order valence-electron chi connectivity index (χ4n) is 2.26. The zero-order valence-corrected chi connectivity index (χ0v) is 12.4. The van der Waals surface area contributed by atoms with Crippen molar-refractivity contribution in [2.75, 3.05) is 4.90 Å². The van der Waals surface area contributed by atoms with Gasteiger partial charge in [-0.05, 0) is 25.1 Å². The molecule has 1 aromatic carbocycles. The molecular weight excluding hydrogens is 313 g/mol. The van der Waals surface area contributed by atoms with Gasteiger partial charge in [-0.2, -0.15) is 0 Å². The molecule has 106 valence electrons. The third-order valence-corrected chi connectivity index (χ3v) is 3.61. The summed E-state index contributed by atoms with van der Waals surface area (Å²) < 4.78 is 0. The summed E-state index contributed by atoms with van der Waals surface area (Å²) in [6.45, 7) is 1.82. The average molecular weight is 322 g/mol. The second kappa shape index (κ2) is 5.09. The highest BCUT2D eigenvalue weighted by atomic mass is 35.5. The maximum atomic E-state index is 12.1. The molecule has 1 amide bonds. The molecule has 3 rings (SSSR count). The highest BCUT2D eigenvalue weighted by Gasteiger charge is 2.37. The third kappa shape index (κ3) is 2.39. The highest BCUT2D eigenvalue weighted by molar-refractivity contribution is 6.54. The smallest absolute Gasteiger partial charge is 0.296 e. The van der Waals surface area contributed by atoms with Gasteiger partial charge >= 0.3 is 0 Å². The largest absolute Gasteiger partial charge is 0.299 e. The van der Waals surface area contributed by atoms with Gasteiger partial charge in [-0.3, -0.25) is 14.5 Å². The number of fused-ring (bicyclic) bond motifs is 1. The molecule has 0 N–H and O–H groups in total. The molecule has 0 fully saturated rings. The number of anilines is 1. The molecule has 1 aromatic heterocycles. The molecule has 7 heteroatoms. The van der Waals surface area contributed by atoms with E-state index in [-0.39, 0.29) is 11.7 Å². The van der Waals surface area contributed by atoms with Gasteiger partial charge < -0.3 is 0 Å². The van der Waals surface area contributed by atoms with E-state index in [1.807, 2.05) is 0 Å². The SMILES string of the molecule is Cc1cc(Cl)nc(CN2C(=O)C(=O)c3cccc(Cl)c32)n1. The number of amides is 1. The Balaban J connectivity index is 2.04. The molecule has 1 aliphatic heterocycles. The fourth-order valence-corrected chi connectivity index (χ4v) is 2.80. The second-order valence-corrected chi connectivity index (χ2v) is 5.40. The van der Waals surface area contributed by atoms with Crippen molar-refractivity contribution >= 4 is 40.6 Å². The molecule has 0 atom stereocenters. The standard InChI is InChI=1S/C14H9Cl2N3O2/c1-7-5-10(16)18-11(17-7)6-19-12-8(13(20)14(19)21)3-2-4-9(12)15/h2-5H,6H2,1H3. The van der Waals surface area contributed by atoms with Gasteiger partial charge in [0.1, 0.15) is 11.0 Å². The van der Waals surface area contributed by atoms with E-state index in [0.29, 0.717) is 27.8 Å². The Morgan fingerprint density at radius 1 is 1.19 bits per heavy atom. The maximum absolute atomic E-state index is 12.1. The summed E-state index contributed by atoms with van der Waals surface area (Å²) in [6.07, 6.45) is 0. The fraction of sp³-hybridized carbons (Fsp3) is 0.143. The summed E-state index contributed by atoms with van der Waals surface area (Å²) in [5.41, 5.74) is 1.38. The monoisotopic (exact) mass is 321 g/mol.